The van der Waals surface area contributed by atoms with Gasteiger partial charge in [0.15, 0.2) is 0 Å². The Morgan fingerprint density at radius 3 is 2.21 bits per heavy atom. The number of methoxy groups -OCH3 is 1. The smallest absolute Gasteiger partial charge is 0.317 e. The van der Waals surface area contributed by atoms with Crippen LogP contribution >= 0.6 is 0 Å². The summed E-state index contributed by atoms with van der Waals surface area (Å²) < 4.78 is 5.52. The van der Waals surface area contributed by atoms with E-state index in [1.807, 2.05) is 12.0 Å². The van der Waals surface area contributed by atoms with Crippen molar-refractivity contribution in [3.8, 4) is 0 Å². The third kappa shape index (κ3) is 6.81. The van der Waals surface area contributed by atoms with Crippen LogP contribution in [0.15, 0.2) is 0 Å². The summed E-state index contributed by atoms with van der Waals surface area (Å²) in [6.45, 7) is 3.33. The second-order valence-electron chi connectivity index (χ2n) is 10.6. The maximum atomic E-state index is 12.7. The number of carbonyl (C=O) groups is 2. The van der Waals surface area contributed by atoms with Gasteiger partial charge in [-0.3, -0.25) is 20.7 Å². The molecule has 0 radical (unpaired) electrons. The number of carbonyl (C=O) groups excluding carboxylic acids is 2. The van der Waals surface area contributed by atoms with Crippen LogP contribution in [0.25, 0.3) is 0 Å². The van der Waals surface area contributed by atoms with E-state index in [0.717, 1.165) is 44.7 Å². The SMILES string of the molecule is COC1CCC(C2CNC(NC3CCCC(NC(=O)N4CCC(C(N)=O)CC4)C3)NC2)CC1. The van der Waals surface area contributed by atoms with Crippen LogP contribution in [0.4, 0.5) is 4.79 Å². The average molecular weight is 465 g/mol. The number of nitrogens with one attached hydrogen (secondary N) is 4. The molecular formula is C24H44N6O3. The fraction of sp³-hybridized carbons (Fsp3) is 0.917. The molecule has 9 heteroatoms. The summed E-state index contributed by atoms with van der Waals surface area (Å²) >= 11 is 0. The molecule has 2 atom stereocenters. The third-order valence-electron chi connectivity index (χ3n) is 8.48. The van der Waals surface area contributed by atoms with Gasteiger partial charge in [0.2, 0.25) is 5.91 Å². The highest BCUT2D eigenvalue weighted by Gasteiger charge is 2.33. The number of primary amides is 1. The van der Waals surface area contributed by atoms with E-state index in [-0.39, 0.29) is 30.2 Å². The van der Waals surface area contributed by atoms with Crippen molar-refractivity contribution in [3.05, 3.63) is 0 Å². The highest BCUT2D eigenvalue weighted by atomic mass is 16.5. The quantitative estimate of drug-likeness (QED) is 0.401. The second-order valence-corrected chi connectivity index (χ2v) is 10.6. The van der Waals surface area contributed by atoms with Crippen LogP contribution in [0.5, 0.6) is 0 Å². The molecule has 0 spiro atoms. The van der Waals surface area contributed by atoms with Crippen molar-refractivity contribution in [3.63, 3.8) is 0 Å². The highest BCUT2D eigenvalue weighted by molar-refractivity contribution is 5.78. The lowest BCUT2D eigenvalue weighted by Gasteiger charge is -2.41. The van der Waals surface area contributed by atoms with Crippen molar-refractivity contribution in [1.82, 2.24) is 26.2 Å². The molecule has 3 amide bonds. The van der Waals surface area contributed by atoms with Gasteiger partial charge in [0, 0.05) is 51.3 Å². The number of amides is 3. The van der Waals surface area contributed by atoms with E-state index in [1.165, 1.54) is 25.7 Å². The Labute approximate surface area is 198 Å². The van der Waals surface area contributed by atoms with E-state index in [2.05, 4.69) is 21.3 Å². The molecule has 0 aromatic rings. The van der Waals surface area contributed by atoms with Crippen LogP contribution in [-0.2, 0) is 9.53 Å². The van der Waals surface area contributed by atoms with Crippen LogP contribution < -0.4 is 27.0 Å². The molecule has 4 fully saturated rings. The minimum atomic E-state index is -0.244. The van der Waals surface area contributed by atoms with Crippen molar-refractivity contribution in [2.24, 2.45) is 23.5 Å². The van der Waals surface area contributed by atoms with E-state index >= 15 is 0 Å². The molecule has 0 aromatic carbocycles. The lowest BCUT2D eigenvalue weighted by molar-refractivity contribution is -0.123. The van der Waals surface area contributed by atoms with Gasteiger partial charge in [-0.05, 0) is 76.0 Å². The van der Waals surface area contributed by atoms with Crippen molar-refractivity contribution < 1.29 is 14.3 Å². The van der Waals surface area contributed by atoms with Crippen molar-refractivity contribution in [2.75, 3.05) is 33.3 Å². The number of hydrogen-bond acceptors (Lipinski definition) is 6. The minimum Gasteiger partial charge on any atom is -0.381 e. The average Bonchev–Trinajstić information content (AvgIpc) is 2.85. The molecule has 6 N–H and O–H groups in total. The topological polar surface area (TPSA) is 121 Å². The second kappa shape index (κ2) is 11.8. The Kier molecular flexibility index (Phi) is 8.85. The van der Waals surface area contributed by atoms with E-state index in [0.29, 0.717) is 44.0 Å². The van der Waals surface area contributed by atoms with E-state index < -0.39 is 0 Å². The number of nitrogens with two attached hydrogens (primary N) is 1. The van der Waals surface area contributed by atoms with E-state index in [9.17, 15) is 9.59 Å². The third-order valence-corrected chi connectivity index (χ3v) is 8.48. The molecule has 2 saturated carbocycles. The summed E-state index contributed by atoms with van der Waals surface area (Å²) in [5, 5.41) is 14.3. The van der Waals surface area contributed by atoms with Gasteiger partial charge in [-0.25, -0.2) is 4.79 Å². The Bertz CT molecular complexity index is 640. The van der Waals surface area contributed by atoms with E-state index in [4.69, 9.17) is 10.5 Å². The van der Waals surface area contributed by atoms with Gasteiger partial charge in [-0.1, -0.05) is 0 Å². The van der Waals surface area contributed by atoms with Gasteiger partial charge in [-0.15, -0.1) is 0 Å². The number of rotatable bonds is 6. The van der Waals surface area contributed by atoms with Crippen LogP contribution in [0.3, 0.4) is 0 Å². The molecule has 188 valence electrons. The molecule has 2 aliphatic heterocycles. The van der Waals surface area contributed by atoms with Gasteiger partial charge in [0.25, 0.3) is 0 Å². The molecule has 0 bridgehead atoms. The van der Waals surface area contributed by atoms with Crippen LogP contribution in [0.1, 0.15) is 64.2 Å². The summed E-state index contributed by atoms with van der Waals surface area (Å²) in [4.78, 5) is 25.9. The maximum Gasteiger partial charge on any atom is 0.317 e. The van der Waals surface area contributed by atoms with Gasteiger partial charge in [0.1, 0.15) is 6.29 Å². The zero-order chi connectivity index (χ0) is 23.2. The van der Waals surface area contributed by atoms with Crippen molar-refractivity contribution in [2.45, 2.75) is 88.7 Å². The summed E-state index contributed by atoms with van der Waals surface area (Å²) in [6, 6.07) is 0.594. The number of urea groups is 1. The summed E-state index contributed by atoms with van der Waals surface area (Å²) in [5.74, 6) is 1.15. The number of ether oxygens (including phenoxy) is 1. The number of piperidine rings is 1. The molecule has 2 unspecified atom stereocenters. The van der Waals surface area contributed by atoms with Gasteiger partial charge < -0.3 is 20.7 Å². The van der Waals surface area contributed by atoms with E-state index in [1.54, 1.807) is 0 Å². The lowest BCUT2D eigenvalue weighted by Crippen LogP contribution is -2.63. The molecule has 4 rings (SSSR count). The fourth-order valence-electron chi connectivity index (χ4n) is 6.27. The van der Waals surface area contributed by atoms with Crippen LogP contribution in [-0.4, -0.2) is 74.6 Å². The maximum absolute atomic E-state index is 12.7. The molecule has 4 aliphatic rings. The van der Waals surface area contributed by atoms with Gasteiger partial charge in [-0.2, -0.15) is 0 Å². The first-order valence-corrected chi connectivity index (χ1v) is 13.1. The Balaban J connectivity index is 1.15. The largest absolute Gasteiger partial charge is 0.381 e. The molecule has 33 heavy (non-hydrogen) atoms. The summed E-state index contributed by atoms with van der Waals surface area (Å²) in [7, 11) is 1.83. The highest BCUT2D eigenvalue weighted by Crippen LogP contribution is 2.32. The zero-order valence-corrected chi connectivity index (χ0v) is 20.2. The Hall–Kier alpha value is -1.42. The number of hydrogen-bond donors (Lipinski definition) is 5. The molecule has 2 heterocycles. The first-order chi connectivity index (χ1) is 16.0. The molecule has 0 aromatic heterocycles. The number of likely N-dealkylation sites (tertiary alicyclic amines) is 1. The first-order valence-electron chi connectivity index (χ1n) is 13.1. The Morgan fingerprint density at radius 1 is 0.909 bits per heavy atom. The lowest BCUT2D eigenvalue weighted by atomic mass is 9.78. The van der Waals surface area contributed by atoms with Crippen molar-refractivity contribution >= 4 is 11.9 Å². The molecule has 2 aliphatic carbocycles. The van der Waals surface area contributed by atoms with Crippen LogP contribution in [0, 0.1) is 17.8 Å². The normalized spacial score (nSPS) is 36.3. The monoisotopic (exact) mass is 464 g/mol. The van der Waals surface area contributed by atoms with Gasteiger partial charge in [0.05, 0.1) is 6.10 Å². The minimum absolute atomic E-state index is 0.00326. The summed E-state index contributed by atoms with van der Waals surface area (Å²) in [6.07, 6.45) is 11.1. The van der Waals surface area contributed by atoms with Crippen LogP contribution in [0.2, 0.25) is 0 Å². The predicted octanol–water partition coefficient (Wildman–Crippen LogP) is 1.09. The molecule has 2 saturated heterocycles. The predicted molar refractivity (Wildman–Crippen MR) is 127 cm³/mol. The molecular weight excluding hydrogens is 420 g/mol. The fourth-order valence-corrected chi connectivity index (χ4v) is 6.27. The summed E-state index contributed by atoms with van der Waals surface area (Å²) in [5.41, 5.74) is 5.41. The Morgan fingerprint density at radius 2 is 1.58 bits per heavy atom. The molecule has 9 nitrogen and oxygen atoms in total. The standard InChI is InChI=1S/C24H44N6O3/c1-33-21-7-5-16(6-8-21)18-14-26-23(27-15-18)28-19-3-2-4-20(13-19)29-24(32)30-11-9-17(10-12-30)22(25)31/h16-21,23,26-28H,2-15H2,1H3,(H2,25,31)(H,29,32). The number of nitrogens with zero attached hydrogens (tertiary/aromatic N) is 1. The van der Waals surface area contributed by atoms with Crippen molar-refractivity contribution in [1.29, 1.82) is 0 Å². The van der Waals surface area contributed by atoms with Gasteiger partial charge >= 0.3 is 6.03 Å². The zero-order valence-electron chi connectivity index (χ0n) is 20.2. The first kappa shape index (κ1) is 24.7.